The average Bonchev–Trinajstić information content (AvgIpc) is 2.46. The summed E-state index contributed by atoms with van der Waals surface area (Å²) in [5, 5.41) is 3.88. The van der Waals surface area contributed by atoms with Crippen molar-refractivity contribution in [2.75, 3.05) is 6.54 Å². The fraction of sp³-hybridized carbons (Fsp3) is 1.00. The molecule has 19 heavy (non-hydrogen) atoms. The van der Waals surface area contributed by atoms with Gasteiger partial charge in [-0.2, -0.15) is 0 Å². The Morgan fingerprint density at radius 3 is 2.37 bits per heavy atom. The van der Waals surface area contributed by atoms with Gasteiger partial charge in [0.1, 0.15) is 0 Å². The fourth-order valence-corrected chi connectivity index (χ4v) is 4.22. The van der Waals surface area contributed by atoms with Crippen LogP contribution >= 0.6 is 0 Å². The third kappa shape index (κ3) is 5.10. The van der Waals surface area contributed by atoms with E-state index in [2.05, 4.69) is 33.0 Å². The van der Waals surface area contributed by atoms with E-state index in [1.165, 1.54) is 57.8 Å². The van der Waals surface area contributed by atoms with Gasteiger partial charge in [-0.05, 0) is 37.1 Å². The smallest absolute Gasteiger partial charge is 0.0126 e. The molecule has 0 aromatic rings. The van der Waals surface area contributed by atoms with Gasteiger partial charge < -0.3 is 5.32 Å². The van der Waals surface area contributed by atoms with Crippen molar-refractivity contribution >= 4 is 0 Å². The lowest BCUT2D eigenvalue weighted by atomic mass is 9.69. The number of unbranched alkanes of at least 4 members (excludes halogenated alkanes) is 1. The van der Waals surface area contributed by atoms with Crippen LogP contribution in [0.3, 0.4) is 0 Å². The van der Waals surface area contributed by atoms with Crippen LogP contribution in [0.2, 0.25) is 0 Å². The highest BCUT2D eigenvalue weighted by Gasteiger charge is 2.33. The molecule has 1 aliphatic carbocycles. The second kappa shape index (κ2) is 9.80. The van der Waals surface area contributed by atoms with Crippen molar-refractivity contribution in [1.82, 2.24) is 5.32 Å². The first-order valence-corrected chi connectivity index (χ1v) is 9.01. The quantitative estimate of drug-likeness (QED) is 0.590. The zero-order valence-electron chi connectivity index (χ0n) is 13.9. The molecule has 114 valence electrons. The van der Waals surface area contributed by atoms with Gasteiger partial charge in [-0.1, -0.05) is 72.6 Å². The summed E-state index contributed by atoms with van der Waals surface area (Å²) in [5.74, 6) is 2.83. The van der Waals surface area contributed by atoms with Gasteiger partial charge in [-0.25, -0.2) is 0 Å². The minimum absolute atomic E-state index is 0.784. The van der Waals surface area contributed by atoms with Crippen molar-refractivity contribution in [3.8, 4) is 0 Å². The van der Waals surface area contributed by atoms with E-state index in [1.807, 2.05) is 0 Å². The number of hydrogen-bond donors (Lipinski definition) is 1. The molecule has 0 amide bonds. The average molecular weight is 268 g/mol. The summed E-state index contributed by atoms with van der Waals surface area (Å²) < 4.78 is 0. The van der Waals surface area contributed by atoms with Crippen LogP contribution in [0.15, 0.2) is 0 Å². The van der Waals surface area contributed by atoms with E-state index in [-0.39, 0.29) is 0 Å². The van der Waals surface area contributed by atoms with Crippen molar-refractivity contribution in [2.45, 2.75) is 91.5 Å². The second-order valence-electron chi connectivity index (χ2n) is 6.51. The van der Waals surface area contributed by atoms with E-state index in [1.54, 1.807) is 0 Å². The summed E-state index contributed by atoms with van der Waals surface area (Å²) in [7, 11) is 0. The monoisotopic (exact) mass is 267 g/mol. The molecular formula is C18H37N. The van der Waals surface area contributed by atoms with E-state index < -0.39 is 0 Å². The van der Waals surface area contributed by atoms with Gasteiger partial charge in [0, 0.05) is 6.04 Å². The van der Waals surface area contributed by atoms with Crippen LogP contribution in [-0.2, 0) is 0 Å². The summed E-state index contributed by atoms with van der Waals surface area (Å²) in [4.78, 5) is 0. The van der Waals surface area contributed by atoms with E-state index in [9.17, 15) is 0 Å². The van der Waals surface area contributed by atoms with Crippen molar-refractivity contribution in [2.24, 2.45) is 17.8 Å². The Bertz CT molecular complexity index is 214. The number of nitrogens with one attached hydrogen (secondary N) is 1. The molecule has 1 saturated carbocycles. The van der Waals surface area contributed by atoms with Crippen LogP contribution in [0.25, 0.3) is 0 Å². The molecule has 1 nitrogen and oxygen atoms in total. The van der Waals surface area contributed by atoms with Crippen LogP contribution in [0.4, 0.5) is 0 Å². The fourth-order valence-electron chi connectivity index (χ4n) is 4.22. The molecule has 0 heterocycles. The zero-order chi connectivity index (χ0) is 14.1. The largest absolute Gasteiger partial charge is 0.314 e. The lowest BCUT2D eigenvalue weighted by molar-refractivity contribution is 0.130. The summed E-state index contributed by atoms with van der Waals surface area (Å²) in [6, 6.07) is 0.784. The molecule has 0 aromatic heterocycles. The zero-order valence-corrected chi connectivity index (χ0v) is 13.9. The van der Waals surface area contributed by atoms with Gasteiger partial charge >= 0.3 is 0 Å². The van der Waals surface area contributed by atoms with Crippen molar-refractivity contribution in [3.63, 3.8) is 0 Å². The molecular weight excluding hydrogens is 230 g/mol. The Morgan fingerprint density at radius 2 is 1.79 bits per heavy atom. The van der Waals surface area contributed by atoms with Crippen molar-refractivity contribution < 1.29 is 0 Å². The van der Waals surface area contributed by atoms with E-state index in [0.717, 1.165) is 30.3 Å². The molecule has 0 radical (unpaired) electrons. The SMILES string of the molecule is CCCCC(CC)C(NCC)C1CCCCC1CC. The minimum Gasteiger partial charge on any atom is -0.314 e. The minimum atomic E-state index is 0.784. The molecule has 0 saturated heterocycles. The molecule has 1 heteroatoms. The second-order valence-corrected chi connectivity index (χ2v) is 6.51. The number of rotatable bonds is 9. The Kier molecular flexibility index (Phi) is 8.77. The molecule has 1 N–H and O–H groups in total. The van der Waals surface area contributed by atoms with Gasteiger partial charge in [-0.3, -0.25) is 0 Å². The van der Waals surface area contributed by atoms with Crippen molar-refractivity contribution in [1.29, 1.82) is 0 Å². The third-order valence-corrected chi connectivity index (χ3v) is 5.35. The first-order valence-electron chi connectivity index (χ1n) is 9.01. The third-order valence-electron chi connectivity index (χ3n) is 5.35. The summed E-state index contributed by atoms with van der Waals surface area (Å²) >= 11 is 0. The normalized spacial score (nSPS) is 27.2. The topological polar surface area (TPSA) is 12.0 Å². The van der Waals surface area contributed by atoms with Gasteiger partial charge in [-0.15, -0.1) is 0 Å². The van der Waals surface area contributed by atoms with Crippen LogP contribution in [0.5, 0.6) is 0 Å². The Morgan fingerprint density at radius 1 is 1.05 bits per heavy atom. The summed E-state index contributed by atoms with van der Waals surface area (Å²) in [6.45, 7) is 10.5. The lowest BCUT2D eigenvalue weighted by Gasteiger charge is -2.41. The van der Waals surface area contributed by atoms with Gasteiger partial charge in [0.15, 0.2) is 0 Å². The Labute approximate surface area is 121 Å². The standard InChI is InChI=1S/C18H37N/c1-5-9-12-16(7-3)18(19-8-4)17-14-11-10-13-15(17)6-2/h15-19H,5-14H2,1-4H3. The molecule has 1 rings (SSSR count). The highest BCUT2D eigenvalue weighted by Crippen LogP contribution is 2.38. The predicted octanol–water partition coefficient (Wildman–Crippen LogP) is 5.40. The summed E-state index contributed by atoms with van der Waals surface area (Å²) in [6.07, 6.45) is 12.8. The van der Waals surface area contributed by atoms with Crippen LogP contribution in [0.1, 0.15) is 85.5 Å². The molecule has 4 atom stereocenters. The maximum Gasteiger partial charge on any atom is 0.0126 e. The predicted molar refractivity (Wildman–Crippen MR) is 86.5 cm³/mol. The summed E-state index contributed by atoms with van der Waals surface area (Å²) in [5.41, 5.74) is 0. The Hall–Kier alpha value is -0.0400. The maximum absolute atomic E-state index is 3.88. The van der Waals surface area contributed by atoms with Gasteiger partial charge in [0.2, 0.25) is 0 Å². The number of hydrogen-bond acceptors (Lipinski definition) is 1. The molecule has 4 unspecified atom stereocenters. The van der Waals surface area contributed by atoms with Crippen LogP contribution < -0.4 is 5.32 Å². The molecule has 0 spiro atoms. The van der Waals surface area contributed by atoms with E-state index >= 15 is 0 Å². The van der Waals surface area contributed by atoms with E-state index in [4.69, 9.17) is 0 Å². The van der Waals surface area contributed by atoms with Gasteiger partial charge in [0.05, 0.1) is 0 Å². The highest BCUT2D eigenvalue weighted by molar-refractivity contribution is 4.88. The molecule has 0 bridgehead atoms. The highest BCUT2D eigenvalue weighted by atomic mass is 14.9. The maximum atomic E-state index is 3.88. The Balaban J connectivity index is 2.71. The van der Waals surface area contributed by atoms with Crippen LogP contribution in [0, 0.1) is 17.8 Å². The van der Waals surface area contributed by atoms with Crippen molar-refractivity contribution in [3.05, 3.63) is 0 Å². The molecule has 1 aliphatic rings. The first-order chi connectivity index (χ1) is 9.28. The van der Waals surface area contributed by atoms with Gasteiger partial charge in [0.25, 0.3) is 0 Å². The first kappa shape index (κ1) is 17.0. The molecule has 0 aliphatic heterocycles. The lowest BCUT2D eigenvalue weighted by Crippen LogP contribution is -2.46. The molecule has 0 aromatic carbocycles. The molecule has 1 fully saturated rings. The van der Waals surface area contributed by atoms with Crippen LogP contribution in [-0.4, -0.2) is 12.6 Å². The van der Waals surface area contributed by atoms with E-state index in [0.29, 0.717) is 0 Å².